The minimum Gasteiger partial charge on any atom is -0.496 e. The van der Waals surface area contributed by atoms with Crippen LogP contribution in [0.25, 0.3) is 0 Å². The summed E-state index contributed by atoms with van der Waals surface area (Å²) in [6.45, 7) is 2.89. The quantitative estimate of drug-likeness (QED) is 0.633. The molecular formula is C20H29NO4. The van der Waals surface area contributed by atoms with Crippen molar-refractivity contribution in [2.75, 3.05) is 34.4 Å². The molecule has 2 rings (SSSR count). The first-order chi connectivity index (χ1) is 11.9. The number of hydrogen-bond acceptors (Lipinski definition) is 5. The van der Waals surface area contributed by atoms with Gasteiger partial charge in [-0.25, -0.2) is 4.79 Å². The van der Waals surface area contributed by atoms with Crippen molar-refractivity contribution in [1.29, 1.82) is 0 Å². The van der Waals surface area contributed by atoms with Gasteiger partial charge in [0.1, 0.15) is 5.75 Å². The van der Waals surface area contributed by atoms with Gasteiger partial charge in [0.2, 0.25) is 0 Å². The van der Waals surface area contributed by atoms with Crippen LogP contribution in [0.3, 0.4) is 0 Å². The van der Waals surface area contributed by atoms with Crippen molar-refractivity contribution < 1.29 is 19.4 Å². The molecule has 1 aliphatic carbocycles. The van der Waals surface area contributed by atoms with Crippen LogP contribution in [-0.2, 0) is 15.1 Å². The molecule has 0 amide bonds. The Morgan fingerprint density at radius 3 is 2.76 bits per heavy atom. The van der Waals surface area contributed by atoms with Crippen LogP contribution < -0.4 is 4.74 Å². The SMILES string of the molecule is CCOC(=O)/C=C1\CCC(O)(c2ccccc2OC)C(CN(C)C)C1. The molecule has 1 aromatic carbocycles. The van der Waals surface area contributed by atoms with E-state index in [-0.39, 0.29) is 11.9 Å². The monoisotopic (exact) mass is 347 g/mol. The molecule has 1 saturated carbocycles. The van der Waals surface area contributed by atoms with Gasteiger partial charge in [-0.15, -0.1) is 0 Å². The summed E-state index contributed by atoms with van der Waals surface area (Å²) in [5.41, 5.74) is 0.868. The third kappa shape index (κ3) is 4.61. The van der Waals surface area contributed by atoms with Crippen LogP contribution in [0.2, 0.25) is 0 Å². The van der Waals surface area contributed by atoms with Crippen LogP contribution in [0.1, 0.15) is 31.7 Å². The number of esters is 1. The zero-order valence-corrected chi connectivity index (χ0v) is 15.6. The number of allylic oxidation sites excluding steroid dienone is 1. The summed E-state index contributed by atoms with van der Waals surface area (Å²) in [5, 5.41) is 11.6. The smallest absolute Gasteiger partial charge is 0.330 e. The Kier molecular flexibility index (Phi) is 6.62. The number of para-hydroxylation sites is 1. The average Bonchev–Trinajstić information content (AvgIpc) is 2.57. The molecule has 0 aromatic heterocycles. The van der Waals surface area contributed by atoms with Gasteiger partial charge in [0, 0.05) is 24.1 Å². The Morgan fingerprint density at radius 2 is 2.12 bits per heavy atom. The van der Waals surface area contributed by atoms with Crippen molar-refractivity contribution in [3.8, 4) is 5.75 Å². The van der Waals surface area contributed by atoms with E-state index in [1.165, 1.54) is 0 Å². The van der Waals surface area contributed by atoms with Crippen LogP contribution in [0.5, 0.6) is 5.75 Å². The van der Waals surface area contributed by atoms with Crippen molar-refractivity contribution in [2.45, 2.75) is 31.8 Å². The highest BCUT2D eigenvalue weighted by Crippen LogP contribution is 2.46. The van der Waals surface area contributed by atoms with Crippen molar-refractivity contribution in [2.24, 2.45) is 5.92 Å². The first kappa shape index (κ1) is 19.5. The van der Waals surface area contributed by atoms with E-state index in [1.54, 1.807) is 20.1 Å². The number of aliphatic hydroxyl groups is 1. The highest BCUT2D eigenvalue weighted by atomic mass is 16.5. The van der Waals surface area contributed by atoms with E-state index in [0.29, 0.717) is 38.2 Å². The summed E-state index contributed by atoms with van der Waals surface area (Å²) in [4.78, 5) is 13.8. The predicted molar refractivity (Wildman–Crippen MR) is 97.5 cm³/mol. The highest BCUT2D eigenvalue weighted by molar-refractivity contribution is 5.82. The Bertz CT molecular complexity index is 626. The number of nitrogens with zero attached hydrogens (tertiary/aromatic N) is 1. The lowest BCUT2D eigenvalue weighted by molar-refractivity contribution is -0.137. The molecule has 0 radical (unpaired) electrons. The van der Waals surface area contributed by atoms with Crippen molar-refractivity contribution in [3.05, 3.63) is 41.5 Å². The third-order valence-electron chi connectivity index (χ3n) is 4.78. The maximum Gasteiger partial charge on any atom is 0.330 e. The summed E-state index contributed by atoms with van der Waals surface area (Å²) in [7, 11) is 5.61. The number of methoxy groups -OCH3 is 1. The van der Waals surface area contributed by atoms with Crippen molar-refractivity contribution in [3.63, 3.8) is 0 Å². The molecule has 0 spiro atoms. The molecule has 0 bridgehead atoms. The summed E-state index contributed by atoms with van der Waals surface area (Å²) in [6.07, 6.45) is 3.47. The first-order valence-corrected chi connectivity index (χ1v) is 8.77. The van der Waals surface area contributed by atoms with Gasteiger partial charge in [-0.3, -0.25) is 0 Å². The Hall–Kier alpha value is -1.85. The maximum atomic E-state index is 11.8. The van der Waals surface area contributed by atoms with Crippen LogP contribution in [0, 0.1) is 5.92 Å². The summed E-state index contributed by atoms with van der Waals surface area (Å²) in [6, 6.07) is 7.64. The van der Waals surface area contributed by atoms with E-state index < -0.39 is 5.60 Å². The standard InChI is InChI=1S/C20H29NO4/c1-5-25-19(22)13-15-10-11-20(23,16(12-15)14-21(2)3)17-8-6-7-9-18(17)24-4/h6-9,13,16,23H,5,10-12,14H2,1-4H3/b15-13+. The molecule has 5 nitrogen and oxygen atoms in total. The molecule has 5 heteroatoms. The highest BCUT2D eigenvalue weighted by Gasteiger charge is 2.43. The lowest BCUT2D eigenvalue weighted by atomic mass is 9.69. The molecule has 2 atom stereocenters. The molecule has 1 fully saturated rings. The lowest BCUT2D eigenvalue weighted by Gasteiger charge is -2.43. The van der Waals surface area contributed by atoms with Crippen LogP contribution >= 0.6 is 0 Å². The van der Waals surface area contributed by atoms with E-state index in [0.717, 1.165) is 11.1 Å². The second-order valence-electron chi connectivity index (χ2n) is 6.84. The fraction of sp³-hybridized carbons (Fsp3) is 0.550. The zero-order valence-electron chi connectivity index (χ0n) is 15.6. The van der Waals surface area contributed by atoms with Gasteiger partial charge in [-0.2, -0.15) is 0 Å². The number of rotatable bonds is 6. The van der Waals surface area contributed by atoms with E-state index in [4.69, 9.17) is 9.47 Å². The van der Waals surface area contributed by atoms with Crippen molar-refractivity contribution in [1.82, 2.24) is 4.90 Å². The second kappa shape index (κ2) is 8.50. The molecule has 1 aliphatic rings. The predicted octanol–water partition coefficient (Wildman–Crippen LogP) is 2.73. The van der Waals surface area contributed by atoms with Gasteiger partial charge in [-0.05, 0) is 46.3 Å². The maximum absolute atomic E-state index is 11.8. The first-order valence-electron chi connectivity index (χ1n) is 8.77. The van der Waals surface area contributed by atoms with Gasteiger partial charge in [-0.1, -0.05) is 23.8 Å². The van der Waals surface area contributed by atoms with Crippen LogP contribution in [0.4, 0.5) is 0 Å². The van der Waals surface area contributed by atoms with E-state index in [2.05, 4.69) is 4.90 Å². The molecule has 2 unspecified atom stereocenters. The van der Waals surface area contributed by atoms with Crippen LogP contribution in [-0.4, -0.2) is 50.3 Å². The summed E-state index contributed by atoms with van der Waals surface area (Å²) >= 11 is 0. The normalized spacial score (nSPS) is 25.2. The topological polar surface area (TPSA) is 59.0 Å². The Morgan fingerprint density at radius 1 is 1.40 bits per heavy atom. The minimum absolute atomic E-state index is 0.0340. The number of carbonyl (C=O) groups excluding carboxylic acids is 1. The Labute approximate surface area is 150 Å². The largest absolute Gasteiger partial charge is 0.496 e. The van der Waals surface area contributed by atoms with Crippen LogP contribution in [0.15, 0.2) is 35.9 Å². The van der Waals surface area contributed by atoms with Gasteiger partial charge < -0.3 is 19.5 Å². The van der Waals surface area contributed by atoms with E-state index in [9.17, 15) is 9.90 Å². The number of benzene rings is 1. The molecule has 1 aromatic rings. The molecule has 0 saturated heterocycles. The van der Waals surface area contributed by atoms with Gasteiger partial charge in [0.25, 0.3) is 0 Å². The molecule has 0 heterocycles. The number of hydrogen-bond donors (Lipinski definition) is 1. The molecule has 0 aliphatic heterocycles. The molecule has 1 N–H and O–H groups in total. The second-order valence-corrected chi connectivity index (χ2v) is 6.84. The molecule has 138 valence electrons. The van der Waals surface area contributed by atoms with Gasteiger partial charge in [0.15, 0.2) is 0 Å². The summed E-state index contributed by atoms with van der Waals surface area (Å²) in [5.74, 6) is 0.364. The average molecular weight is 347 g/mol. The van der Waals surface area contributed by atoms with Gasteiger partial charge >= 0.3 is 5.97 Å². The van der Waals surface area contributed by atoms with E-state index >= 15 is 0 Å². The zero-order chi connectivity index (χ0) is 18.4. The lowest BCUT2D eigenvalue weighted by Crippen LogP contribution is -2.43. The number of ether oxygens (including phenoxy) is 2. The van der Waals surface area contributed by atoms with Gasteiger partial charge in [0.05, 0.1) is 19.3 Å². The fourth-order valence-corrected chi connectivity index (χ4v) is 3.64. The minimum atomic E-state index is -0.983. The molecule has 25 heavy (non-hydrogen) atoms. The summed E-state index contributed by atoms with van der Waals surface area (Å²) < 4.78 is 10.5. The van der Waals surface area contributed by atoms with E-state index in [1.807, 2.05) is 38.4 Å². The number of carbonyl (C=O) groups is 1. The Balaban J connectivity index is 2.33. The fourth-order valence-electron chi connectivity index (χ4n) is 3.64. The van der Waals surface area contributed by atoms with Crippen molar-refractivity contribution >= 4 is 5.97 Å². The third-order valence-corrected chi connectivity index (χ3v) is 4.78. The molecular weight excluding hydrogens is 318 g/mol.